The molecule has 100 valence electrons. The van der Waals surface area contributed by atoms with Crippen LogP contribution >= 0.6 is 11.6 Å². The standard InChI is InChI=1S/C12H10ClFN2O3/c13-10-8(14)3-6-9(17)7(12(18)19)4-16(5-1-2-5)11(6)15-10/h3,5,7H,1-2,4H2,(H,18,19). The lowest BCUT2D eigenvalue weighted by Gasteiger charge is -2.32. The molecule has 0 spiro atoms. The van der Waals surface area contributed by atoms with Crippen molar-refractivity contribution in [3.05, 3.63) is 22.6 Å². The van der Waals surface area contributed by atoms with Crippen molar-refractivity contribution in [1.82, 2.24) is 4.98 Å². The molecule has 1 aromatic heterocycles. The van der Waals surface area contributed by atoms with E-state index in [-0.39, 0.29) is 23.3 Å². The van der Waals surface area contributed by atoms with Gasteiger partial charge in [-0.15, -0.1) is 0 Å². The highest BCUT2D eigenvalue weighted by molar-refractivity contribution is 6.30. The SMILES string of the molecule is O=C(O)C1CN(C2CC2)c2nc(Cl)c(F)cc2C1=O. The van der Waals surface area contributed by atoms with Gasteiger partial charge in [-0.3, -0.25) is 9.59 Å². The summed E-state index contributed by atoms with van der Waals surface area (Å²) in [4.78, 5) is 28.8. The first kappa shape index (κ1) is 12.3. The normalized spacial score (nSPS) is 22.3. The van der Waals surface area contributed by atoms with Crippen LogP contribution in [0.4, 0.5) is 10.2 Å². The third-order valence-corrected chi connectivity index (χ3v) is 3.70. The van der Waals surface area contributed by atoms with Gasteiger partial charge in [0, 0.05) is 12.6 Å². The number of Topliss-reactive ketones (excluding diaryl/α,β-unsaturated/α-hetero) is 1. The van der Waals surface area contributed by atoms with Gasteiger partial charge in [-0.1, -0.05) is 11.6 Å². The molecule has 1 aliphatic carbocycles. The quantitative estimate of drug-likeness (QED) is 0.662. The van der Waals surface area contributed by atoms with E-state index in [1.807, 2.05) is 0 Å². The van der Waals surface area contributed by atoms with Crippen LogP contribution in [0.2, 0.25) is 5.15 Å². The summed E-state index contributed by atoms with van der Waals surface area (Å²) >= 11 is 5.64. The predicted molar refractivity (Wildman–Crippen MR) is 65.0 cm³/mol. The second kappa shape index (κ2) is 4.16. The van der Waals surface area contributed by atoms with Crippen molar-refractivity contribution in [1.29, 1.82) is 0 Å². The average Bonchev–Trinajstić information content (AvgIpc) is 3.16. The van der Waals surface area contributed by atoms with Crippen molar-refractivity contribution in [3.63, 3.8) is 0 Å². The van der Waals surface area contributed by atoms with Gasteiger partial charge >= 0.3 is 5.97 Å². The molecule has 1 saturated carbocycles. The van der Waals surface area contributed by atoms with Crippen LogP contribution in [0.5, 0.6) is 0 Å². The smallest absolute Gasteiger partial charge is 0.316 e. The van der Waals surface area contributed by atoms with Crippen molar-refractivity contribution in [2.45, 2.75) is 18.9 Å². The first-order valence-electron chi connectivity index (χ1n) is 5.88. The van der Waals surface area contributed by atoms with Gasteiger partial charge in [0.2, 0.25) is 0 Å². The van der Waals surface area contributed by atoms with Crippen molar-refractivity contribution in [3.8, 4) is 0 Å². The monoisotopic (exact) mass is 284 g/mol. The molecule has 0 saturated heterocycles. The minimum absolute atomic E-state index is 0.00690. The fourth-order valence-corrected chi connectivity index (χ4v) is 2.44. The maximum Gasteiger partial charge on any atom is 0.316 e. The summed E-state index contributed by atoms with van der Waals surface area (Å²) in [6.07, 6.45) is 1.83. The number of carbonyl (C=O) groups excluding carboxylic acids is 1. The minimum Gasteiger partial charge on any atom is -0.481 e. The van der Waals surface area contributed by atoms with Gasteiger partial charge in [-0.05, 0) is 18.9 Å². The van der Waals surface area contributed by atoms with Crippen LogP contribution in [0.3, 0.4) is 0 Å². The summed E-state index contributed by atoms with van der Waals surface area (Å²) < 4.78 is 13.4. The Kier molecular flexibility index (Phi) is 2.70. The molecule has 1 N–H and O–H groups in total. The molecule has 3 rings (SSSR count). The fourth-order valence-electron chi connectivity index (χ4n) is 2.31. The highest BCUT2D eigenvalue weighted by Gasteiger charge is 2.43. The molecule has 1 atom stereocenters. The summed E-state index contributed by atoms with van der Waals surface area (Å²) in [6.45, 7) is 0.0702. The van der Waals surface area contributed by atoms with Gasteiger partial charge in [0.1, 0.15) is 11.7 Å². The number of rotatable bonds is 2. The highest BCUT2D eigenvalue weighted by atomic mass is 35.5. The number of hydrogen-bond acceptors (Lipinski definition) is 4. The molecule has 1 fully saturated rings. The Hall–Kier alpha value is -1.69. The Morgan fingerprint density at radius 3 is 2.79 bits per heavy atom. The Morgan fingerprint density at radius 1 is 1.53 bits per heavy atom. The van der Waals surface area contributed by atoms with Crippen molar-refractivity contribution >= 4 is 29.2 Å². The molecule has 7 heteroatoms. The lowest BCUT2D eigenvalue weighted by atomic mass is 9.93. The lowest BCUT2D eigenvalue weighted by Crippen LogP contribution is -2.44. The largest absolute Gasteiger partial charge is 0.481 e. The molecule has 19 heavy (non-hydrogen) atoms. The average molecular weight is 285 g/mol. The van der Waals surface area contributed by atoms with Crippen molar-refractivity contribution in [2.75, 3.05) is 11.4 Å². The Balaban J connectivity index is 2.12. The van der Waals surface area contributed by atoms with Gasteiger partial charge in [0.05, 0.1) is 5.56 Å². The van der Waals surface area contributed by atoms with E-state index in [2.05, 4.69) is 4.98 Å². The summed E-state index contributed by atoms with van der Waals surface area (Å²) in [5.41, 5.74) is 0.00690. The van der Waals surface area contributed by atoms with Gasteiger partial charge < -0.3 is 10.0 Å². The van der Waals surface area contributed by atoms with Crippen LogP contribution in [0, 0.1) is 11.7 Å². The van der Waals surface area contributed by atoms with Crippen LogP contribution < -0.4 is 4.90 Å². The van der Waals surface area contributed by atoms with Crippen LogP contribution in [0.15, 0.2) is 6.07 Å². The number of halogens is 2. The number of carboxylic acid groups (broad SMARTS) is 1. The number of carboxylic acids is 1. The van der Waals surface area contributed by atoms with E-state index in [0.717, 1.165) is 18.9 Å². The highest BCUT2D eigenvalue weighted by Crippen LogP contribution is 2.38. The third-order valence-electron chi connectivity index (χ3n) is 3.43. The molecule has 0 amide bonds. The molecule has 1 unspecified atom stereocenters. The first-order chi connectivity index (χ1) is 8.99. The van der Waals surface area contributed by atoms with Gasteiger partial charge in [-0.25, -0.2) is 9.37 Å². The number of pyridine rings is 1. The summed E-state index contributed by atoms with van der Waals surface area (Å²) in [5, 5.41) is 8.79. The van der Waals surface area contributed by atoms with E-state index < -0.39 is 23.5 Å². The molecular weight excluding hydrogens is 275 g/mol. The lowest BCUT2D eigenvalue weighted by molar-refractivity contribution is -0.139. The van der Waals surface area contributed by atoms with Crippen LogP contribution in [-0.2, 0) is 4.79 Å². The topological polar surface area (TPSA) is 70.5 Å². The number of hydrogen-bond donors (Lipinski definition) is 1. The predicted octanol–water partition coefficient (Wildman–Crippen LogP) is 1.74. The molecule has 2 heterocycles. The molecule has 5 nitrogen and oxygen atoms in total. The number of ketones is 1. The maximum absolute atomic E-state index is 13.4. The second-order valence-corrected chi connectivity index (χ2v) is 5.13. The zero-order valence-corrected chi connectivity index (χ0v) is 10.5. The maximum atomic E-state index is 13.4. The van der Waals surface area contributed by atoms with Crippen molar-refractivity contribution in [2.24, 2.45) is 5.92 Å². The van der Waals surface area contributed by atoms with Gasteiger partial charge in [0.15, 0.2) is 16.8 Å². The first-order valence-corrected chi connectivity index (χ1v) is 6.26. The molecule has 0 radical (unpaired) electrons. The number of carbonyl (C=O) groups is 2. The summed E-state index contributed by atoms with van der Waals surface area (Å²) in [6, 6.07) is 1.15. The third kappa shape index (κ3) is 1.96. The Bertz CT molecular complexity index is 589. The van der Waals surface area contributed by atoms with E-state index in [4.69, 9.17) is 16.7 Å². The molecule has 1 aromatic rings. The van der Waals surface area contributed by atoms with Crippen molar-refractivity contribution < 1.29 is 19.1 Å². The van der Waals surface area contributed by atoms with E-state index in [0.29, 0.717) is 5.82 Å². The van der Waals surface area contributed by atoms with E-state index >= 15 is 0 Å². The number of nitrogens with zero attached hydrogens (tertiary/aromatic N) is 2. The molecule has 2 aliphatic rings. The number of anilines is 1. The minimum atomic E-state index is -1.20. The van der Waals surface area contributed by atoms with Gasteiger partial charge in [-0.2, -0.15) is 0 Å². The fraction of sp³-hybridized carbons (Fsp3) is 0.417. The van der Waals surface area contributed by atoms with E-state index in [1.54, 1.807) is 4.90 Å². The van der Waals surface area contributed by atoms with E-state index in [1.165, 1.54) is 0 Å². The van der Waals surface area contributed by atoms with Crippen LogP contribution in [0.25, 0.3) is 0 Å². The second-order valence-electron chi connectivity index (χ2n) is 4.77. The van der Waals surface area contributed by atoms with Crippen LogP contribution in [0.1, 0.15) is 23.2 Å². The summed E-state index contributed by atoms with van der Waals surface area (Å²) in [7, 11) is 0. The Morgan fingerprint density at radius 2 is 2.21 bits per heavy atom. The number of aliphatic carboxylic acids is 1. The zero-order valence-electron chi connectivity index (χ0n) is 9.77. The van der Waals surface area contributed by atoms with Crippen LogP contribution in [-0.4, -0.2) is 34.4 Å². The molecular formula is C12H10ClFN2O3. The molecule has 1 aliphatic heterocycles. The summed E-state index contributed by atoms with van der Waals surface area (Å²) in [5.74, 6) is -3.48. The molecule has 0 bridgehead atoms. The number of fused-ring (bicyclic) bond motifs is 1. The van der Waals surface area contributed by atoms with Gasteiger partial charge in [0.25, 0.3) is 0 Å². The Labute approximate surface area is 113 Å². The molecule has 0 aromatic carbocycles. The number of aromatic nitrogens is 1. The zero-order chi connectivity index (χ0) is 13.7. The van der Waals surface area contributed by atoms with E-state index in [9.17, 15) is 14.0 Å².